The van der Waals surface area contributed by atoms with Crippen LogP contribution in [0.25, 0.3) is 6.08 Å². The molecule has 6 nitrogen and oxygen atoms in total. The molecule has 6 heteroatoms. The molecule has 0 unspecified atom stereocenters. The van der Waals surface area contributed by atoms with Gasteiger partial charge in [-0.05, 0) is 35.9 Å². The van der Waals surface area contributed by atoms with Crippen molar-refractivity contribution in [2.45, 2.75) is 13.1 Å². The van der Waals surface area contributed by atoms with Gasteiger partial charge in [0.2, 0.25) is 11.8 Å². The van der Waals surface area contributed by atoms with Crippen LogP contribution in [0.4, 0.5) is 0 Å². The number of hydrogen-bond acceptors (Lipinski definition) is 3. The Hall–Kier alpha value is -3.80. The van der Waals surface area contributed by atoms with E-state index in [9.17, 15) is 9.59 Å². The summed E-state index contributed by atoms with van der Waals surface area (Å²) in [6.45, 7) is 4.70. The molecule has 2 aromatic heterocycles. The first-order valence-corrected chi connectivity index (χ1v) is 10.1. The van der Waals surface area contributed by atoms with E-state index in [-0.39, 0.29) is 24.9 Å². The molecular weight excluding hydrogens is 390 g/mol. The zero-order valence-corrected chi connectivity index (χ0v) is 17.7. The lowest BCUT2D eigenvalue weighted by Crippen LogP contribution is -2.42. The van der Waals surface area contributed by atoms with Crippen molar-refractivity contribution in [3.05, 3.63) is 103 Å². The van der Waals surface area contributed by atoms with Crippen LogP contribution >= 0.6 is 0 Å². The summed E-state index contributed by atoms with van der Waals surface area (Å²) in [7, 11) is 1.94. The van der Waals surface area contributed by atoms with E-state index in [0.29, 0.717) is 18.8 Å². The summed E-state index contributed by atoms with van der Waals surface area (Å²) < 4.78 is 7.41. The Morgan fingerprint density at radius 1 is 1.03 bits per heavy atom. The minimum atomic E-state index is -0.242. The highest BCUT2D eigenvalue weighted by molar-refractivity contribution is 5.94. The monoisotopic (exact) mass is 417 g/mol. The van der Waals surface area contributed by atoms with Crippen LogP contribution in [0.5, 0.6) is 0 Å². The number of aryl methyl sites for hydroxylation is 1. The summed E-state index contributed by atoms with van der Waals surface area (Å²) in [6, 6.07) is 17.1. The molecule has 3 aromatic rings. The summed E-state index contributed by atoms with van der Waals surface area (Å²) in [4.78, 5) is 29.1. The molecule has 0 aliphatic carbocycles. The van der Waals surface area contributed by atoms with Gasteiger partial charge < -0.3 is 18.8 Å². The van der Waals surface area contributed by atoms with Crippen LogP contribution in [0, 0.1) is 0 Å². The van der Waals surface area contributed by atoms with Crippen LogP contribution in [-0.2, 0) is 29.7 Å². The van der Waals surface area contributed by atoms with Crippen molar-refractivity contribution in [3.8, 4) is 0 Å². The van der Waals surface area contributed by atoms with E-state index in [0.717, 1.165) is 11.3 Å². The van der Waals surface area contributed by atoms with Crippen molar-refractivity contribution in [2.75, 3.05) is 13.1 Å². The predicted molar refractivity (Wildman–Crippen MR) is 121 cm³/mol. The zero-order valence-electron chi connectivity index (χ0n) is 17.7. The minimum Gasteiger partial charge on any atom is -0.467 e. The Balaban J connectivity index is 1.73. The molecule has 31 heavy (non-hydrogen) atoms. The van der Waals surface area contributed by atoms with Crippen molar-refractivity contribution in [1.82, 2.24) is 14.4 Å². The summed E-state index contributed by atoms with van der Waals surface area (Å²) in [5, 5.41) is 0. The second-order valence-corrected chi connectivity index (χ2v) is 7.19. The minimum absolute atomic E-state index is 0.0465. The van der Waals surface area contributed by atoms with Crippen molar-refractivity contribution in [3.63, 3.8) is 0 Å². The molecule has 1 aromatic carbocycles. The number of carbonyl (C=O) groups is 2. The van der Waals surface area contributed by atoms with E-state index in [1.807, 2.05) is 66.3 Å². The van der Waals surface area contributed by atoms with Gasteiger partial charge in [-0.2, -0.15) is 0 Å². The van der Waals surface area contributed by atoms with Crippen molar-refractivity contribution in [2.24, 2.45) is 7.05 Å². The van der Waals surface area contributed by atoms with Gasteiger partial charge in [0.05, 0.1) is 19.4 Å². The number of benzene rings is 1. The molecule has 0 saturated heterocycles. The van der Waals surface area contributed by atoms with Crippen LogP contribution in [0.3, 0.4) is 0 Å². The van der Waals surface area contributed by atoms with E-state index in [1.54, 1.807) is 29.4 Å². The Bertz CT molecular complexity index is 1020. The van der Waals surface area contributed by atoms with Gasteiger partial charge in [-0.15, -0.1) is 6.58 Å². The van der Waals surface area contributed by atoms with Crippen LogP contribution < -0.4 is 0 Å². The largest absolute Gasteiger partial charge is 0.467 e. The SMILES string of the molecule is C=CCN(CC(=O)N(Cc1ccco1)Cc1cccn1C)C(=O)/C=C/c1ccccc1. The molecule has 0 aliphatic heterocycles. The highest BCUT2D eigenvalue weighted by Gasteiger charge is 2.21. The molecule has 160 valence electrons. The van der Waals surface area contributed by atoms with E-state index < -0.39 is 0 Å². The average molecular weight is 418 g/mol. The number of hydrogen-bond donors (Lipinski definition) is 0. The molecule has 3 rings (SSSR count). The first-order valence-electron chi connectivity index (χ1n) is 10.1. The first kappa shape index (κ1) is 21.9. The quantitative estimate of drug-likeness (QED) is 0.372. The highest BCUT2D eigenvalue weighted by Crippen LogP contribution is 2.12. The van der Waals surface area contributed by atoms with Crippen LogP contribution in [-0.4, -0.2) is 39.3 Å². The van der Waals surface area contributed by atoms with Crippen LogP contribution in [0.2, 0.25) is 0 Å². The second-order valence-electron chi connectivity index (χ2n) is 7.19. The molecule has 0 bridgehead atoms. The van der Waals surface area contributed by atoms with Crippen molar-refractivity contribution < 1.29 is 14.0 Å². The second kappa shape index (κ2) is 10.8. The summed E-state index contributed by atoms with van der Waals surface area (Å²) in [5.41, 5.74) is 1.91. The van der Waals surface area contributed by atoms with E-state index in [1.165, 1.54) is 11.0 Å². The maximum Gasteiger partial charge on any atom is 0.247 e. The topological polar surface area (TPSA) is 58.7 Å². The van der Waals surface area contributed by atoms with Gasteiger partial charge in [0.15, 0.2) is 0 Å². The molecule has 0 radical (unpaired) electrons. The molecule has 0 spiro atoms. The van der Waals surface area contributed by atoms with Gasteiger partial charge in [0, 0.05) is 31.6 Å². The summed E-state index contributed by atoms with van der Waals surface area (Å²) in [6.07, 6.45) is 8.37. The Morgan fingerprint density at radius 3 is 2.48 bits per heavy atom. The third-order valence-electron chi connectivity index (χ3n) is 4.89. The standard InChI is InChI=1S/C25H27N3O3/c1-3-15-27(24(29)14-13-21-9-5-4-6-10-21)20-25(30)28(19-23-12-8-17-31-23)18-22-11-7-16-26(22)2/h3-14,16-17H,1,15,18-20H2,2H3/b14-13+. The van der Waals surface area contributed by atoms with Crippen molar-refractivity contribution >= 4 is 17.9 Å². The third-order valence-corrected chi connectivity index (χ3v) is 4.89. The Labute approximate surface area is 182 Å². The fourth-order valence-corrected chi connectivity index (χ4v) is 3.17. The van der Waals surface area contributed by atoms with E-state index in [4.69, 9.17) is 4.42 Å². The molecule has 2 heterocycles. The smallest absolute Gasteiger partial charge is 0.247 e. The Morgan fingerprint density at radius 2 is 1.84 bits per heavy atom. The molecule has 0 saturated carbocycles. The number of rotatable bonds is 10. The highest BCUT2D eigenvalue weighted by atomic mass is 16.3. The first-order chi connectivity index (χ1) is 15.1. The maximum absolute atomic E-state index is 13.2. The average Bonchev–Trinajstić information content (AvgIpc) is 3.44. The van der Waals surface area contributed by atoms with Gasteiger partial charge in [0.25, 0.3) is 0 Å². The molecule has 0 aliphatic rings. The van der Waals surface area contributed by atoms with Gasteiger partial charge in [0.1, 0.15) is 12.3 Å². The zero-order chi connectivity index (χ0) is 22.1. The molecule has 0 atom stereocenters. The van der Waals surface area contributed by atoms with E-state index >= 15 is 0 Å². The summed E-state index contributed by atoms with van der Waals surface area (Å²) in [5.74, 6) is 0.281. The fraction of sp³-hybridized carbons (Fsp3) is 0.200. The lowest BCUT2D eigenvalue weighted by atomic mass is 10.2. The van der Waals surface area contributed by atoms with Gasteiger partial charge in [-0.25, -0.2) is 0 Å². The molecule has 0 fully saturated rings. The van der Waals surface area contributed by atoms with E-state index in [2.05, 4.69) is 6.58 Å². The number of aromatic nitrogens is 1. The van der Waals surface area contributed by atoms with Crippen molar-refractivity contribution in [1.29, 1.82) is 0 Å². The van der Waals surface area contributed by atoms with Gasteiger partial charge >= 0.3 is 0 Å². The van der Waals surface area contributed by atoms with Crippen LogP contribution in [0.15, 0.2) is 90.2 Å². The number of amides is 2. The molecule has 2 amide bonds. The number of carbonyl (C=O) groups excluding carboxylic acids is 2. The Kier molecular flexibility index (Phi) is 7.65. The lowest BCUT2D eigenvalue weighted by Gasteiger charge is -2.26. The number of furan rings is 1. The van der Waals surface area contributed by atoms with Crippen LogP contribution in [0.1, 0.15) is 17.0 Å². The van der Waals surface area contributed by atoms with Gasteiger partial charge in [-0.1, -0.05) is 36.4 Å². The lowest BCUT2D eigenvalue weighted by molar-refractivity contribution is -0.138. The normalized spacial score (nSPS) is 10.9. The molecular formula is C25H27N3O3. The van der Waals surface area contributed by atoms with Gasteiger partial charge in [-0.3, -0.25) is 9.59 Å². The number of nitrogens with zero attached hydrogens (tertiary/aromatic N) is 3. The fourth-order valence-electron chi connectivity index (χ4n) is 3.17. The third kappa shape index (κ3) is 6.34. The summed E-state index contributed by atoms with van der Waals surface area (Å²) >= 11 is 0. The molecule has 0 N–H and O–H groups in total. The predicted octanol–water partition coefficient (Wildman–Crippen LogP) is 3.87. The maximum atomic E-state index is 13.2.